The van der Waals surface area contributed by atoms with Crippen LogP contribution >= 0.6 is 0 Å². The van der Waals surface area contributed by atoms with Gasteiger partial charge in [0.15, 0.2) is 6.23 Å². The van der Waals surface area contributed by atoms with Gasteiger partial charge < -0.3 is 14.3 Å². The molecule has 1 rings (SSSR count). The van der Waals surface area contributed by atoms with Crippen LogP contribution in [0.3, 0.4) is 0 Å². The van der Waals surface area contributed by atoms with Gasteiger partial charge >= 0.3 is 5.69 Å². The van der Waals surface area contributed by atoms with Crippen LogP contribution < -0.4 is 11.2 Å². The van der Waals surface area contributed by atoms with Crippen LogP contribution in [0.1, 0.15) is 19.6 Å². The second kappa shape index (κ2) is 6.87. The molecule has 0 radical (unpaired) electrons. The number of hydrogen-bond donors (Lipinski definition) is 1. The first-order valence-corrected chi connectivity index (χ1v) is 5.53. The van der Waals surface area contributed by atoms with E-state index in [0.717, 1.165) is 0 Å². The van der Waals surface area contributed by atoms with E-state index in [1.165, 1.54) is 23.9 Å². The lowest BCUT2D eigenvalue weighted by molar-refractivity contribution is -0.132. The summed E-state index contributed by atoms with van der Waals surface area (Å²) in [5, 5.41) is 0. The number of carbonyl (C=O) groups excluding carboxylic acids is 1. The van der Waals surface area contributed by atoms with E-state index in [-0.39, 0.29) is 6.61 Å². The van der Waals surface area contributed by atoms with E-state index in [1.54, 1.807) is 6.92 Å². The normalized spacial score (nSPS) is 14.1. The van der Waals surface area contributed by atoms with Crippen LogP contribution in [0.5, 0.6) is 0 Å². The Hall–Kier alpha value is -1.73. The molecule has 18 heavy (non-hydrogen) atoms. The number of methoxy groups -OCH3 is 1. The van der Waals surface area contributed by atoms with Gasteiger partial charge in [0.2, 0.25) is 0 Å². The van der Waals surface area contributed by atoms with Crippen molar-refractivity contribution >= 4 is 6.29 Å². The van der Waals surface area contributed by atoms with E-state index in [4.69, 9.17) is 9.47 Å². The highest BCUT2D eigenvalue weighted by atomic mass is 16.5. The van der Waals surface area contributed by atoms with Gasteiger partial charge in [0.25, 0.3) is 5.56 Å². The lowest BCUT2D eigenvalue weighted by Gasteiger charge is -2.21. The molecular formula is C11H16N2O5. The van der Waals surface area contributed by atoms with E-state index in [2.05, 4.69) is 4.98 Å². The summed E-state index contributed by atoms with van der Waals surface area (Å²) in [7, 11) is 1.45. The van der Waals surface area contributed by atoms with Crippen LogP contribution in [-0.2, 0) is 14.3 Å². The molecule has 1 aromatic rings. The number of aromatic nitrogens is 2. The van der Waals surface area contributed by atoms with Crippen molar-refractivity contribution in [3.8, 4) is 0 Å². The maximum Gasteiger partial charge on any atom is 0.330 e. The van der Waals surface area contributed by atoms with E-state index in [0.29, 0.717) is 12.7 Å². The smallest absolute Gasteiger partial charge is 0.330 e. The van der Waals surface area contributed by atoms with Crippen molar-refractivity contribution in [3.63, 3.8) is 0 Å². The Labute approximate surface area is 103 Å². The summed E-state index contributed by atoms with van der Waals surface area (Å²) in [4.78, 5) is 35.4. The van der Waals surface area contributed by atoms with Gasteiger partial charge in [-0.1, -0.05) is 6.92 Å². The summed E-state index contributed by atoms with van der Waals surface area (Å²) in [5.74, 6) is 0. The zero-order chi connectivity index (χ0) is 13.5. The fraction of sp³-hybridized carbons (Fsp3) is 0.545. The zero-order valence-electron chi connectivity index (χ0n) is 10.3. The molecule has 0 aliphatic rings. The molecule has 0 aliphatic carbocycles. The number of ether oxygens (including phenoxy) is 2. The number of rotatable bonds is 7. The first-order chi connectivity index (χ1) is 8.62. The van der Waals surface area contributed by atoms with Crippen molar-refractivity contribution in [3.05, 3.63) is 33.1 Å². The van der Waals surface area contributed by atoms with Gasteiger partial charge in [0.05, 0.1) is 6.61 Å². The van der Waals surface area contributed by atoms with Crippen molar-refractivity contribution in [2.24, 2.45) is 0 Å². The summed E-state index contributed by atoms with van der Waals surface area (Å²) in [6.45, 7) is 1.88. The molecule has 0 fully saturated rings. The predicted octanol–water partition coefficient (Wildman–Crippen LogP) is -0.324. The molecule has 1 N–H and O–H groups in total. The van der Waals surface area contributed by atoms with Crippen LogP contribution in [0.25, 0.3) is 0 Å². The summed E-state index contributed by atoms with van der Waals surface area (Å²) < 4.78 is 11.6. The molecule has 0 aromatic carbocycles. The Morgan fingerprint density at radius 3 is 2.72 bits per heavy atom. The Morgan fingerprint density at radius 2 is 2.22 bits per heavy atom. The molecule has 0 spiro atoms. The van der Waals surface area contributed by atoms with Gasteiger partial charge in [-0.3, -0.25) is 14.3 Å². The standard InChI is InChI=1S/C11H16N2O5/c1-3-8(6-14)18-10(7-17-2)13-5-4-9(15)12-11(13)16/h4-6,8,10H,3,7H2,1-2H3,(H,12,15,16)/t8-,10+/m0/s1. The van der Waals surface area contributed by atoms with Gasteiger partial charge in [-0.25, -0.2) is 4.79 Å². The van der Waals surface area contributed by atoms with Gasteiger partial charge in [0.1, 0.15) is 12.4 Å². The third kappa shape index (κ3) is 3.64. The van der Waals surface area contributed by atoms with Gasteiger partial charge in [-0.2, -0.15) is 0 Å². The van der Waals surface area contributed by atoms with Crippen molar-refractivity contribution in [1.82, 2.24) is 9.55 Å². The van der Waals surface area contributed by atoms with Crippen molar-refractivity contribution in [2.75, 3.05) is 13.7 Å². The van der Waals surface area contributed by atoms with Crippen LogP contribution in [0, 0.1) is 0 Å². The second-order valence-electron chi connectivity index (χ2n) is 3.65. The van der Waals surface area contributed by atoms with E-state index in [9.17, 15) is 14.4 Å². The van der Waals surface area contributed by atoms with Crippen LogP contribution in [0.4, 0.5) is 0 Å². The van der Waals surface area contributed by atoms with Gasteiger partial charge in [-0.05, 0) is 6.42 Å². The Bertz CT molecular complexity index is 493. The predicted molar refractivity (Wildman–Crippen MR) is 63.5 cm³/mol. The monoisotopic (exact) mass is 256 g/mol. The highest BCUT2D eigenvalue weighted by Crippen LogP contribution is 2.10. The average Bonchev–Trinajstić information content (AvgIpc) is 2.35. The first-order valence-electron chi connectivity index (χ1n) is 5.53. The fourth-order valence-electron chi connectivity index (χ4n) is 1.41. The quantitative estimate of drug-likeness (QED) is 0.675. The molecular weight excluding hydrogens is 240 g/mol. The number of nitrogens with zero attached hydrogens (tertiary/aromatic N) is 1. The highest BCUT2D eigenvalue weighted by Gasteiger charge is 2.17. The number of hydrogen-bond acceptors (Lipinski definition) is 5. The van der Waals surface area contributed by atoms with E-state index < -0.39 is 23.6 Å². The van der Waals surface area contributed by atoms with E-state index in [1.807, 2.05) is 0 Å². The summed E-state index contributed by atoms with van der Waals surface area (Å²) in [6, 6.07) is 1.20. The average molecular weight is 256 g/mol. The minimum atomic E-state index is -0.755. The van der Waals surface area contributed by atoms with E-state index >= 15 is 0 Å². The first kappa shape index (κ1) is 14.3. The Kier molecular flexibility index (Phi) is 5.47. The molecule has 1 aromatic heterocycles. The van der Waals surface area contributed by atoms with Gasteiger partial charge in [-0.15, -0.1) is 0 Å². The molecule has 7 heteroatoms. The molecule has 0 bridgehead atoms. The van der Waals surface area contributed by atoms with Crippen molar-refractivity contribution in [1.29, 1.82) is 0 Å². The zero-order valence-corrected chi connectivity index (χ0v) is 10.3. The highest BCUT2D eigenvalue weighted by molar-refractivity contribution is 5.55. The molecule has 2 atom stereocenters. The second-order valence-corrected chi connectivity index (χ2v) is 3.65. The SMILES string of the molecule is CC[C@@H](C=O)O[C@H](COC)n1ccc(=O)[nH]c1=O. The lowest BCUT2D eigenvalue weighted by Crippen LogP contribution is -2.36. The number of nitrogens with one attached hydrogen (secondary N) is 1. The minimum Gasteiger partial charge on any atom is -0.380 e. The largest absolute Gasteiger partial charge is 0.380 e. The lowest BCUT2D eigenvalue weighted by atomic mass is 10.3. The summed E-state index contributed by atoms with van der Waals surface area (Å²) >= 11 is 0. The third-order valence-electron chi connectivity index (χ3n) is 2.36. The minimum absolute atomic E-state index is 0.0935. The van der Waals surface area contributed by atoms with Crippen molar-refractivity contribution in [2.45, 2.75) is 25.7 Å². The maximum atomic E-state index is 11.6. The number of aldehydes is 1. The summed E-state index contributed by atoms with van der Waals surface area (Å²) in [5.41, 5.74) is -1.10. The molecule has 1 heterocycles. The molecule has 0 saturated heterocycles. The number of aromatic amines is 1. The van der Waals surface area contributed by atoms with Crippen LogP contribution in [0.2, 0.25) is 0 Å². The maximum absolute atomic E-state index is 11.6. The number of carbonyl (C=O) groups is 1. The fourth-order valence-corrected chi connectivity index (χ4v) is 1.41. The molecule has 0 aliphatic heterocycles. The third-order valence-corrected chi connectivity index (χ3v) is 2.36. The topological polar surface area (TPSA) is 90.4 Å². The Balaban J connectivity index is 3.00. The Morgan fingerprint density at radius 1 is 1.50 bits per heavy atom. The van der Waals surface area contributed by atoms with Crippen LogP contribution in [0.15, 0.2) is 21.9 Å². The van der Waals surface area contributed by atoms with Crippen molar-refractivity contribution < 1.29 is 14.3 Å². The molecule has 0 unspecified atom stereocenters. The molecule has 0 amide bonds. The van der Waals surface area contributed by atoms with Crippen LogP contribution in [-0.4, -0.2) is 35.7 Å². The molecule has 0 saturated carbocycles. The van der Waals surface area contributed by atoms with Gasteiger partial charge in [0, 0.05) is 19.4 Å². The molecule has 7 nitrogen and oxygen atoms in total. The number of H-pyrrole nitrogens is 1. The summed E-state index contributed by atoms with van der Waals surface area (Å²) in [6.07, 6.45) is 1.09. The molecule has 100 valence electrons.